The Morgan fingerprint density at radius 1 is 1.15 bits per heavy atom. The van der Waals surface area contributed by atoms with E-state index in [9.17, 15) is 4.79 Å². The lowest BCUT2D eigenvalue weighted by atomic mass is 10.2. The number of hydrogen-bond acceptors (Lipinski definition) is 2. The summed E-state index contributed by atoms with van der Waals surface area (Å²) in [7, 11) is 0. The smallest absolute Gasteiger partial charge is 0.255 e. The number of carbonyl (C=O) groups is 1. The molecule has 2 rings (SSSR count). The standard InChI is InChI=1S/C14H7Cl2IN2O/c15-10-3-1-8(7-18)5-13(10)19-14(20)9-2-4-12(17)11(16)6-9/h1-6H,(H,19,20). The van der Waals surface area contributed by atoms with Gasteiger partial charge in [-0.2, -0.15) is 5.26 Å². The summed E-state index contributed by atoms with van der Waals surface area (Å²) in [6.45, 7) is 0. The fourth-order valence-electron chi connectivity index (χ4n) is 1.52. The number of rotatable bonds is 2. The molecule has 0 heterocycles. The van der Waals surface area contributed by atoms with Gasteiger partial charge in [0, 0.05) is 9.13 Å². The molecule has 6 heteroatoms. The van der Waals surface area contributed by atoms with Gasteiger partial charge in [-0.3, -0.25) is 4.79 Å². The zero-order valence-corrected chi connectivity index (χ0v) is 13.6. The molecule has 0 saturated carbocycles. The molecule has 2 aromatic rings. The van der Waals surface area contributed by atoms with Crippen LogP contribution < -0.4 is 5.32 Å². The number of nitriles is 1. The van der Waals surface area contributed by atoms with E-state index in [1.54, 1.807) is 30.3 Å². The van der Waals surface area contributed by atoms with Gasteiger partial charge < -0.3 is 5.32 Å². The van der Waals surface area contributed by atoms with Crippen molar-refractivity contribution in [3.05, 3.63) is 61.1 Å². The molecular weight excluding hydrogens is 410 g/mol. The molecule has 100 valence electrons. The van der Waals surface area contributed by atoms with Crippen molar-refractivity contribution in [2.45, 2.75) is 0 Å². The Kier molecular flexibility index (Phi) is 4.86. The van der Waals surface area contributed by atoms with E-state index in [4.69, 9.17) is 28.5 Å². The number of nitrogens with zero attached hydrogens (tertiary/aromatic N) is 1. The first kappa shape index (κ1) is 15.1. The maximum absolute atomic E-state index is 12.1. The fourth-order valence-corrected chi connectivity index (χ4v) is 2.20. The molecule has 0 aromatic heterocycles. The molecular formula is C14H7Cl2IN2O. The van der Waals surface area contributed by atoms with Crippen LogP contribution >= 0.6 is 45.8 Å². The summed E-state index contributed by atoms with van der Waals surface area (Å²) in [6, 6.07) is 11.7. The van der Waals surface area contributed by atoms with Gasteiger partial charge in [0.15, 0.2) is 0 Å². The quantitative estimate of drug-likeness (QED) is 0.720. The van der Waals surface area contributed by atoms with Crippen LogP contribution in [0.15, 0.2) is 36.4 Å². The van der Waals surface area contributed by atoms with Gasteiger partial charge in [0.25, 0.3) is 5.91 Å². The number of benzene rings is 2. The number of nitrogens with one attached hydrogen (secondary N) is 1. The third-order valence-electron chi connectivity index (χ3n) is 2.53. The van der Waals surface area contributed by atoms with E-state index in [1.807, 2.05) is 6.07 Å². The molecule has 20 heavy (non-hydrogen) atoms. The second-order valence-corrected chi connectivity index (χ2v) is 5.87. The van der Waals surface area contributed by atoms with E-state index in [2.05, 4.69) is 27.9 Å². The van der Waals surface area contributed by atoms with Crippen molar-refractivity contribution in [1.82, 2.24) is 0 Å². The molecule has 0 radical (unpaired) electrons. The minimum Gasteiger partial charge on any atom is -0.321 e. The van der Waals surface area contributed by atoms with Gasteiger partial charge in [-0.15, -0.1) is 0 Å². The first-order chi connectivity index (χ1) is 9.51. The molecule has 0 fully saturated rings. The van der Waals surface area contributed by atoms with Crippen LogP contribution in [-0.4, -0.2) is 5.91 Å². The second-order valence-electron chi connectivity index (χ2n) is 3.89. The number of halogens is 3. The number of amides is 1. The fraction of sp³-hybridized carbons (Fsp3) is 0. The van der Waals surface area contributed by atoms with E-state index in [1.165, 1.54) is 6.07 Å². The van der Waals surface area contributed by atoms with E-state index in [-0.39, 0.29) is 5.91 Å². The van der Waals surface area contributed by atoms with Crippen LogP contribution in [0.1, 0.15) is 15.9 Å². The van der Waals surface area contributed by atoms with Gasteiger partial charge in [0.1, 0.15) is 0 Å². The molecule has 0 saturated heterocycles. The van der Waals surface area contributed by atoms with Gasteiger partial charge in [-0.25, -0.2) is 0 Å². The molecule has 0 bridgehead atoms. The first-order valence-electron chi connectivity index (χ1n) is 5.47. The molecule has 1 N–H and O–H groups in total. The highest BCUT2D eigenvalue weighted by Crippen LogP contribution is 2.24. The Balaban J connectivity index is 2.28. The summed E-state index contributed by atoms with van der Waals surface area (Å²) in [4.78, 5) is 12.1. The van der Waals surface area contributed by atoms with Gasteiger partial charge in [-0.1, -0.05) is 23.2 Å². The lowest BCUT2D eigenvalue weighted by Gasteiger charge is -2.08. The minimum atomic E-state index is -0.333. The molecule has 0 aliphatic carbocycles. The van der Waals surface area contributed by atoms with E-state index < -0.39 is 0 Å². The maximum Gasteiger partial charge on any atom is 0.255 e. The normalized spacial score (nSPS) is 9.90. The highest BCUT2D eigenvalue weighted by Gasteiger charge is 2.10. The van der Waals surface area contributed by atoms with Crippen molar-refractivity contribution in [3.63, 3.8) is 0 Å². The largest absolute Gasteiger partial charge is 0.321 e. The van der Waals surface area contributed by atoms with Crippen molar-refractivity contribution in [2.75, 3.05) is 5.32 Å². The molecule has 2 aromatic carbocycles. The molecule has 0 aliphatic rings. The topological polar surface area (TPSA) is 52.9 Å². The predicted molar refractivity (Wildman–Crippen MR) is 88.3 cm³/mol. The highest BCUT2D eigenvalue weighted by atomic mass is 127. The van der Waals surface area contributed by atoms with Crippen molar-refractivity contribution in [3.8, 4) is 6.07 Å². The number of hydrogen-bond donors (Lipinski definition) is 1. The van der Waals surface area contributed by atoms with Gasteiger partial charge >= 0.3 is 0 Å². The Morgan fingerprint density at radius 3 is 2.55 bits per heavy atom. The van der Waals surface area contributed by atoms with Crippen LogP contribution in [0.25, 0.3) is 0 Å². The molecule has 1 amide bonds. The summed E-state index contributed by atoms with van der Waals surface area (Å²) in [6.07, 6.45) is 0. The molecule has 0 unspecified atom stereocenters. The molecule has 0 atom stereocenters. The molecule has 3 nitrogen and oxygen atoms in total. The van der Waals surface area contributed by atoms with Crippen molar-refractivity contribution in [1.29, 1.82) is 5.26 Å². The van der Waals surface area contributed by atoms with E-state index >= 15 is 0 Å². The average molecular weight is 417 g/mol. The van der Waals surface area contributed by atoms with Gasteiger partial charge in [0.2, 0.25) is 0 Å². The van der Waals surface area contributed by atoms with Crippen LogP contribution in [0.4, 0.5) is 5.69 Å². The highest BCUT2D eigenvalue weighted by molar-refractivity contribution is 14.1. The Labute approximate surface area is 139 Å². The maximum atomic E-state index is 12.1. The van der Waals surface area contributed by atoms with Crippen molar-refractivity contribution < 1.29 is 4.79 Å². The number of anilines is 1. The van der Waals surface area contributed by atoms with Crippen LogP contribution in [0.5, 0.6) is 0 Å². The van der Waals surface area contributed by atoms with Crippen LogP contribution in [-0.2, 0) is 0 Å². The zero-order valence-electron chi connectivity index (χ0n) is 9.95. The monoisotopic (exact) mass is 416 g/mol. The summed E-state index contributed by atoms with van der Waals surface area (Å²) >= 11 is 14.1. The van der Waals surface area contributed by atoms with Crippen molar-refractivity contribution in [2.24, 2.45) is 0 Å². The van der Waals surface area contributed by atoms with Gasteiger partial charge in [-0.05, 0) is 59.0 Å². The minimum absolute atomic E-state index is 0.333. The second kappa shape index (κ2) is 6.44. The summed E-state index contributed by atoms with van der Waals surface area (Å²) < 4.78 is 0.866. The summed E-state index contributed by atoms with van der Waals surface area (Å²) in [5.41, 5.74) is 1.24. The Morgan fingerprint density at radius 2 is 1.90 bits per heavy atom. The average Bonchev–Trinajstić information content (AvgIpc) is 2.44. The lowest BCUT2D eigenvalue weighted by molar-refractivity contribution is 0.102. The van der Waals surface area contributed by atoms with Crippen LogP contribution in [0.2, 0.25) is 10.0 Å². The van der Waals surface area contributed by atoms with Crippen molar-refractivity contribution >= 4 is 57.4 Å². The summed E-state index contributed by atoms with van der Waals surface area (Å²) in [5.74, 6) is -0.333. The van der Waals surface area contributed by atoms with Crippen LogP contribution in [0, 0.1) is 14.9 Å². The van der Waals surface area contributed by atoms with Gasteiger partial charge in [0.05, 0.1) is 27.4 Å². The predicted octanol–water partition coefficient (Wildman–Crippen LogP) is 4.72. The van der Waals surface area contributed by atoms with E-state index in [0.29, 0.717) is 26.9 Å². The Bertz CT molecular complexity index is 726. The Hall–Kier alpha value is -1.29. The van der Waals surface area contributed by atoms with Crippen LogP contribution in [0.3, 0.4) is 0 Å². The first-order valence-corrected chi connectivity index (χ1v) is 7.31. The van der Waals surface area contributed by atoms with E-state index in [0.717, 1.165) is 3.57 Å². The SMILES string of the molecule is N#Cc1ccc(Cl)c(NC(=O)c2ccc(I)c(Cl)c2)c1. The molecule has 0 spiro atoms. The summed E-state index contributed by atoms with van der Waals surface area (Å²) in [5, 5.41) is 12.4. The third-order valence-corrected chi connectivity index (χ3v) is 4.43. The molecule has 0 aliphatic heterocycles. The number of carbonyl (C=O) groups excluding carboxylic acids is 1. The zero-order chi connectivity index (χ0) is 14.7. The lowest BCUT2D eigenvalue weighted by Crippen LogP contribution is -2.12. The third kappa shape index (κ3) is 3.42.